The Balaban J connectivity index is 2.00. The lowest BCUT2D eigenvalue weighted by molar-refractivity contribution is -0.139. The van der Waals surface area contributed by atoms with Gasteiger partial charge in [-0.1, -0.05) is 30.3 Å². The van der Waals surface area contributed by atoms with Crippen molar-refractivity contribution >= 4 is 29.1 Å². The highest BCUT2D eigenvalue weighted by Crippen LogP contribution is 2.19. The number of aromatic nitrogens is 1. The van der Waals surface area contributed by atoms with E-state index >= 15 is 0 Å². The first-order valence-corrected chi connectivity index (χ1v) is 8.35. The molecule has 0 fully saturated rings. The minimum absolute atomic E-state index is 0.463. The zero-order valence-electron chi connectivity index (χ0n) is 11.1. The fourth-order valence-electron chi connectivity index (χ4n) is 1.82. The van der Waals surface area contributed by atoms with Gasteiger partial charge in [0.1, 0.15) is 11.0 Å². The molecule has 2 N–H and O–H groups in total. The summed E-state index contributed by atoms with van der Waals surface area (Å²) in [7, 11) is 0. The zero-order valence-corrected chi connectivity index (χ0v) is 12.7. The standard InChI is InChI=1S/C14H16N2O2S2/c1-19-9-11-7-15-12(20-11)8-16-13(14(17)18)10-5-3-2-4-6-10/h2-7,13,16H,8-9H2,1H3,(H,17,18)/t13-/m1/s1. The lowest BCUT2D eigenvalue weighted by atomic mass is 10.1. The number of rotatable bonds is 7. The molecule has 0 saturated carbocycles. The lowest BCUT2D eigenvalue weighted by Gasteiger charge is -2.13. The fraction of sp³-hybridized carbons (Fsp3) is 0.286. The topological polar surface area (TPSA) is 62.2 Å². The summed E-state index contributed by atoms with van der Waals surface area (Å²) in [5, 5.41) is 13.3. The van der Waals surface area contributed by atoms with Crippen molar-refractivity contribution in [1.82, 2.24) is 10.3 Å². The van der Waals surface area contributed by atoms with Crippen LogP contribution in [0.3, 0.4) is 0 Å². The number of nitrogens with one attached hydrogen (secondary N) is 1. The molecule has 0 aliphatic rings. The van der Waals surface area contributed by atoms with Gasteiger partial charge < -0.3 is 5.11 Å². The Morgan fingerprint density at radius 2 is 2.20 bits per heavy atom. The number of thioether (sulfide) groups is 1. The fourth-order valence-corrected chi connectivity index (χ4v) is 3.44. The number of nitrogens with zero attached hydrogens (tertiary/aromatic N) is 1. The lowest BCUT2D eigenvalue weighted by Crippen LogP contribution is -2.27. The second-order valence-electron chi connectivity index (χ2n) is 4.22. The SMILES string of the molecule is CSCc1cnc(CN[C@@H](C(=O)O)c2ccccc2)s1. The molecule has 0 bridgehead atoms. The minimum Gasteiger partial charge on any atom is -0.480 e. The molecule has 0 amide bonds. The first kappa shape index (κ1) is 15.0. The van der Waals surface area contributed by atoms with Crippen LogP contribution in [0, 0.1) is 0 Å². The number of benzene rings is 1. The number of carboxylic acids is 1. The maximum Gasteiger partial charge on any atom is 0.325 e. The normalized spacial score (nSPS) is 12.2. The van der Waals surface area contributed by atoms with Crippen molar-refractivity contribution in [3.8, 4) is 0 Å². The smallest absolute Gasteiger partial charge is 0.325 e. The van der Waals surface area contributed by atoms with E-state index in [0.717, 1.165) is 16.3 Å². The van der Waals surface area contributed by atoms with Crippen LogP contribution in [0.1, 0.15) is 21.5 Å². The van der Waals surface area contributed by atoms with E-state index in [-0.39, 0.29) is 0 Å². The Hall–Kier alpha value is -1.37. The summed E-state index contributed by atoms with van der Waals surface area (Å²) in [4.78, 5) is 16.9. The van der Waals surface area contributed by atoms with Crippen molar-refractivity contribution in [1.29, 1.82) is 0 Å². The Bertz CT molecular complexity index is 557. The van der Waals surface area contributed by atoms with E-state index < -0.39 is 12.0 Å². The van der Waals surface area contributed by atoms with E-state index in [1.165, 1.54) is 4.88 Å². The third-order valence-corrected chi connectivity index (χ3v) is 4.51. The van der Waals surface area contributed by atoms with E-state index in [1.54, 1.807) is 23.1 Å². The summed E-state index contributed by atoms with van der Waals surface area (Å²) < 4.78 is 0. The first-order chi connectivity index (χ1) is 9.70. The molecule has 0 unspecified atom stereocenters. The quantitative estimate of drug-likeness (QED) is 0.823. The monoisotopic (exact) mass is 308 g/mol. The Labute approximate surface area is 126 Å². The van der Waals surface area contributed by atoms with E-state index in [0.29, 0.717) is 6.54 Å². The molecular formula is C14H16N2O2S2. The maximum absolute atomic E-state index is 11.3. The summed E-state index contributed by atoms with van der Waals surface area (Å²) >= 11 is 3.37. The number of carbonyl (C=O) groups is 1. The highest BCUT2D eigenvalue weighted by molar-refractivity contribution is 7.97. The molecule has 0 saturated heterocycles. The summed E-state index contributed by atoms with van der Waals surface area (Å²) in [6.45, 7) is 0.463. The first-order valence-electron chi connectivity index (χ1n) is 6.14. The van der Waals surface area contributed by atoms with Crippen molar-refractivity contribution in [2.75, 3.05) is 6.26 Å². The van der Waals surface area contributed by atoms with Gasteiger partial charge in [0, 0.05) is 23.4 Å². The molecule has 1 heterocycles. The Morgan fingerprint density at radius 3 is 2.85 bits per heavy atom. The van der Waals surface area contributed by atoms with Gasteiger partial charge >= 0.3 is 5.97 Å². The molecule has 2 rings (SSSR count). The molecule has 4 nitrogen and oxygen atoms in total. The number of thiazole rings is 1. The van der Waals surface area contributed by atoms with Gasteiger partial charge in [0.05, 0.1) is 0 Å². The van der Waals surface area contributed by atoms with Crippen LogP contribution in [-0.2, 0) is 17.1 Å². The van der Waals surface area contributed by atoms with Gasteiger partial charge in [0.2, 0.25) is 0 Å². The minimum atomic E-state index is -0.878. The van der Waals surface area contributed by atoms with Gasteiger partial charge in [-0.2, -0.15) is 11.8 Å². The van der Waals surface area contributed by atoms with E-state index in [9.17, 15) is 9.90 Å². The predicted molar refractivity (Wildman–Crippen MR) is 83.0 cm³/mol. The Morgan fingerprint density at radius 1 is 1.45 bits per heavy atom. The van der Waals surface area contributed by atoms with Gasteiger partial charge in [-0.25, -0.2) is 4.98 Å². The van der Waals surface area contributed by atoms with E-state index in [4.69, 9.17) is 0 Å². The second-order valence-corrected chi connectivity index (χ2v) is 6.28. The zero-order chi connectivity index (χ0) is 14.4. The molecule has 0 spiro atoms. The van der Waals surface area contributed by atoms with Crippen LogP contribution in [0.4, 0.5) is 0 Å². The van der Waals surface area contributed by atoms with Crippen LogP contribution in [0.25, 0.3) is 0 Å². The van der Waals surface area contributed by atoms with Crippen LogP contribution in [0.5, 0.6) is 0 Å². The molecule has 20 heavy (non-hydrogen) atoms. The van der Waals surface area contributed by atoms with Gasteiger partial charge in [-0.15, -0.1) is 11.3 Å². The molecule has 0 aliphatic heterocycles. The second kappa shape index (κ2) is 7.42. The van der Waals surface area contributed by atoms with Crippen molar-refractivity contribution in [3.63, 3.8) is 0 Å². The van der Waals surface area contributed by atoms with Crippen LogP contribution in [0.2, 0.25) is 0 Å². The number of hydrogen-bond donors (Lipinski definition) is 2. The van der Waals surface area contributed by atoms with Crippen LogP contribution < -0.4 is 5.32 Å². The average Bonchev–Trinajstić information content (AvgIpc) is 2.88. The third kappa shape index (κ3) is 4.06. The maximum atomic E-state index is 11.3. The molecule has 6 heteroatoms. The summed E-state index contributed by atoms with van der Waals surface area (Å²) in [6.07, 6.45) is 3.91. The van der Waals surface area contributed by atoms with Crippen molar-refractivity contribution in [2.45, 2.75) is 18.3 Å². The highest BCUT2D eigenvalue weighted by Gasteiger charge is 2.19. The number of hydrogen-bond acceptors (Lipinski definition) is 5. The van der Waals surface area contributed by atoms with Crippen LogP contribution in [0.15, 0.2) is 36.5 Å². The largest absolute Gasteiger partial charge is 0.480 e. The molecule has 1 atom stereocenters. The number of aliphatic carboxylic acids is 1. The molecule has 2 aromatic rings. The highest BCUT2D eigenvalue weighted by atomic mass is 32.2. The van der Waals surface area contributed by atoms with Crippen molar-refractivity contribution < 1.29 is 9.90 Å². The summed E-state index contributed by atoms with van der Waals surface area (Å²) in [5.74, 6) is 0.0655. The number of carboxylic acid groups (broad SMARTS) is 1. The Kier molecular flexibility index (Phi) is 5.58. The summed E-state index contributed by atoms with van der Waals surface area (Å²) in [6, 6.07) is 8.47. The molecular weight excluding hydrogens is 292 g/mol. The average molecular weight is 308 g/mol. The van der Waals surface area contributed by atoms with Crippen LogP contribution >= 0.6 is 23.1 Å². The van der Waals surface area contributed by atoms with E-state index in [2.05, 4.69) is 10.3 Å². The van der Waals surface area contributed by atoms with E-state index in [1.807, 2.05) is 42.8 Å². The molecule has 0 aliphatic carbocycles. The van der Waals surface area contributed by atoms with Gasteiger partial charge in [-0.05, 0) is 11.8 Å². The third-order valence-electron chi connectivity index (χ3n) is 2.73. The van der Waals surface area contributed by atoms with Crippen LogP contribution in [-0.4, -0.2) is 22.3 Å². The summed E-state index contributed by atoms with van der Waals surface area (Å²) in [5.41, 5.74) is 0.751. The predicted octanol–water partition coefficient (Wildman–Crippen LogP) is 2.92. The van der Waals surface area contributed by atoms with Gasteiger partial charge in [0.25, 0.3) is 0 Å². The van der Waals surface area contributed by atoms with Crippen molar-refractivity contribution in [3.05, 3.63) is 52.0 Å². The van der Waals surface area contributed by atoms with Gasteiger partial charge in [0.15, 0.2) is 0 Å². The van der Waals surface area contributed by atoms with Crippen molar-refractivity contribution in [2.24, 2.45) is 0 Å². The van der Waals surface area contributed by atoms with Gasteiger partial charge in [-0.3, -0.25) is 10.1 Å². The molecule has 1 aromatic carbocycles. The molecule has 0 radical (unpaired) electrons. The molecule has 1 aromatic heterocycles. The molecule has 106 valence electrons.